The van der Waals surface area contributed by atoms with Crippen LogP contribution in [0.4, 0.5) is 13.2 Å². The molecule has 1 unspecified atom stereocenters. The summed E-state index contributed by atoms with van der Waals surface area (Å²) in [5, 5.41) is 19.9. The Morgan fingerprint density at radius 1 is 1.35 bits per heavy atom. The number of alkyl halides is 3. The van der Waals surface area contributed by atoms with Crippen LogP contribution in [0.15, 0.2) is 53.8 Å². The topological polar surface area (TPSA) is 96.0 Å². The van der Waals surface area contributed by atoms with Crippen LogP contribution in [0.1, 0.15) is 17.2 Å². The maximum atomic E-state index is 12.4. The van der Waals surface area contributed by atoms with Gasteiger partial charge in [0.1, 0.15) is 17.4 Å². The highest BCUT2D eigenvalue weighted by molar-refractivity contribution is 5.94. The van der Waals surface area contributed by atoms with E-state index in [0.717, 1.165) is 24.6 Å². The van der Waals surface area contributed by atoms with Crippen LogP contribution in [0.5, 0.6) is 5.75 Å². The minimum absolute atomic E-state index is 0.0517. The molecule has 0 bridgehead atoms. The van der Waals surface area contributed by atoms with Gasteiger partial charge >= 0.3 is 6.36 Å². The Morgan fingerprint density at radius 3 is 2.61 bits per heavy atom. The molecule has 0 saturated carbocycles. The smallest absolute Gasteiger partial charge is 0.443 e. The van der Waals surface area contributed by atoms with Gasteiger partial charge in [-0.2, -0.15) is 0 Å². The second-order valence-electron chi connectivity index (χ2n) is 6.70. The Bertz CT molecular complexity index is 1090. The number of rotatable bonds is 7. The third-order valence-electron chi connectivity index (χ3n) is 4.60. The van der Waals surface area contributed by atoms with E-state index in [2.05, 4.69) is 16.3 Å². The Hall–Kier alpha value is -3.37. The normalized spacial score (nSPS) is 12.6. The number of fused-ring (bicyclic) bond motifs is 1. The molecule has 1 atom stereocenters. The number of aliphatic hydroxyl groups excluding tert-OH is 2. The number of oxazole rings is 1. The first-order valence-corrected chi connectivity index (χ1v) is 9.06. The second-order valence-corrected chi connectivity index (χ2v) is 6.70. The van der Waals surface area contributed by atoms with Crippen molar-refractivity contribution in [1.29, 1.82) is 0 Å². The van der Waals surface area contributed by atoms with Crippen LogP contribution in [0.3, 0.4) is 0 Å². The molecule has 3 rings (SSSR count). The summed E-state index contributed by atoms with van der Waals surface area (Å²) in [5.41, 5.74) is 2.29. The van der Waals surface area contributed by atoms with Gasteiger partial charge in [-0.15, -0.1) is 13.2 Å². The Labute approximate surface area is 175 Å². The summed E-state index contributed by atoms with van der Waals surface area (Å²) in [5.74, 6) is -0.742. The zero-order chi connectivity index (χ0) is 22.8. The van der Waals surface area contributed by atoms with Crippen LogP contribution < -0.4 is 4.74 Å². The number of likely N-dealkylation sites (N-methyl/N-ethyl adjacent to an activating group) is 1. The average Bonchev–Trinajstić information content (AvgIpc) is 3.21. The van der Waals surface area contributed by atoms with E-state index < -0.39 is 19.1 Å². The lowest BCUT2D eigenvalue weighted by Crippen LogP contribution is -2.25. The fourth-order valence-electron chi connectivity index (χ4n) is 3.23. The number of carbonyl (C=O) groups is 1. The van der Waals surface area contributed by atoms with Crippen LogP contribution in [-0.2, 0) is 11.3 Å². The number of aromatic nitrogens is 1. The lowest BCUT2D eigenvalue weighted by molar-refractivity contribution is -0.274. The Balaban J connectivity index is 2.13. The van der Waals surface area contributed by atoms with Crippen molar-refractivity contribution in [2.24, 2.45) is 0 Å². The van der Waals surface area contributed by atoms with Gasteiger partial charge in [0.05, 0.1) is 6.61 Å². The van der Waals surface area contributed by atoms with Crippen molar-refractivity contribution in [3.8, 4) is 16.9 Å². The molecule has 2 aromatic carbocycles. The molecule has 10 heteroatoms. The molecular weight excluding hydrogens is 417 g/mol. The SMILES string of the molecule is C=CC(=O)N(C)Cc1cc(-c2ccc(OC(F)(F)F)cc2)c2ncoc2c1C(O)CO. The van der Waals surface area contributed by atoms with Gasteiger partial charge < -0.3 is 24.3 Å². The number of hydrogen-bond acceptors (Lipinski definition) is 6. The van der Waals surface area contributed by atoms with E-state index in [4.69, 9.17) is 4.42 Å². The number of ether oxygens (including phenoxy) is 1. The van der Waals surface area contributed by atoms with Crippen molar-refractivity contribution in [1.82, 2.24) is 9.88 Å². The molecule has 1 heterocycles. The number of aliphatic hydroxyl groups is 2. The summed E-state index contributed by atoms with van der Waals surface area (Å²) in [4.78, 5) is 17.4. The van der Waals surface area contributed by atoms with E-state index in [1.54, 1.807) is 6.07 Å². The maximum Gasteiger partial charge on any atom is 0.573 e. The van der Waals surface area contributed by atoms with Gasteiger partial charge in [0.2, 0.25) is 5.91 Å². The van der Waals surface area contributed by atoms with Crippen LogP contribution in [0.2, 0.25) is 0 Å². The standard InChI is InChI=1S/C21H19F3N2O5/c1-3-17(29)26(2)9-13-8-15(12-4-6-14(7-5-12)31-21(22,23)24)19-20(30-11-25-19)18(13)16(28)10-27/h3-8,11,16,27-28H,1,9-10H2,2H3. The predicted molar refractivity (Wildman–Crippen MR) is 105 cm³/mol. The minimum Gasteiger partial charge on any atom is -0.443 e. The van der Waals surface area contributed by atoms with Crippen molar-refractivity contribution >= 4 is 17.0 Å². The van der Waals surface area contributed by atoms with Crippen LogP contribution in [-0.4, -0.2) is 46.0 Å². The lowest BCUT2D eigenvalue weighted by Gasteiger charge is -2.21. The van der Waals surface area contributed by atoms with Gasteiger partial charge in [-0.05, 0) is 35.4 Å². The zero-order valence-electron chi connectivity index (χ0n) is 16.4. The third-order valence-corrected chi connectivity index (χ3v) is 4.60. The molecule has 3 aromatic rings. The quantitative estimate of drug-likeness (QED) is 0.550. The Kier molecular flexibility index (Phi) is 6.32. The number of amides is 1. The number of carbonyl (C=O) groups excluding carboxylic acids is 1. The first-order chi connectivity index (χ1) is 14.6. The summed E-state index contributed by atoms with van der Waals surface area (Å²) < 4.78 is 46.6. The molecule has 0 aliphatic rings. The summed E-state index contributed by atoms with van der Waals surface area (Å²) >= 11 is 0. The van der Waals surface area contributed by atoms with E-state index in [1.807, 2.05) is 0 Å². The average molecular weight is 436 g/mol. The molecule has 0 spiro atoms. The molecule has 1 amide bonds. The highest BCUT2D eigenvalue weighted by atomic mass is 19.4. The lowest BCUT2D eigenvalue weighted by atomic mass is 9.94. The van der Waals surface area contributed by atoms with Crippen molar-refractivity contribution in [3.63, 3.8) is 0 Å². The first-order valence-electron chi connectivity index (χ1n) is 9.06. The highest BCUT2D eigenvalue weighted by Crippen LogP contribution is 2.37. The third kappa shape index (κ3) is 4.86. The molecule has 0 aliphatic carbocycles. The van der Waals surface area contributed by atoms with Crippen molar-refractivity contribution in [2.45, 2.75) is 19.0 Å². The first kappa shape index (κ1) is 22.3. The van der Waals surface area contributed by atoms with E-state index in [9.17, 15) is 28.2 Å². The number of benzene rings is 2. The monoisotopic (exact) mass is 436 g/mol. The summed E-state index contributed by atoms with van der Waals surface area (Å²) in [6.07, 6.45) is -3.81. The molecule has 31 heavy (non-hydrogen) atoms. The van der Waals surface area contributed by atoms with Gasteiger partial charge in [0.25, 0.3) is 0 Å². The van der Waals surface area contributed by atoms with Gasteiger partial charge in [0, 0.05) is 24.7 Å². The summed E-state index contributed by atoms with van der Waals surface area (Å²) in [6.45, 7) is 2.90. The van der Waals surface area contributed by atoms with E-state index in [-0.39, 0.29) is 29.3 Å². The number of nitrogens with zero attached hydrogens (tertiary/aromatic N) is 2. The van der Waals surface area contributed by atoms with Crippen LogP contribution in [0, 0.1) is 0 Å². The molecule has 7 nitrogen and oxygen atoms in total. The van der Waals surface area contributed by atoms with Crippen molar-refractivity contribution < 1.29 is 37.3 Å². The van der Waals surface area contributed by atoms with Crippen molar-refractivity contribution in [3.05, 3.63) is 60.5 Å². The van der Waals surface area contributed by atoms with Gasteiger partial charge in [-0.25, -0.2) is 4.98 Å². The summed E-state index contributed by atoms with van der Waals surface area (Å²) in [7, 11) is 1.53. The molecule has 164 valence electrons. The molecule has 0 radical (unpaired) electrons. The molecule has 0 saturated heterocycles. The highest BCUT2D eigenvalue weighted by Gasteiger charge is 2.31. The molecular formula is C21H19F3N2O5. The fraction of sp³-hybridized carbons (Fsp3) is 0.238. The van der Waals surface area contributed by atoms with Crippen LogP contribution in [0.25, 0.3) is 22.2 Å². The number of halogens is 3. The van der Waals surface area contributed by atoms with E-state index >= 15 is 0 Å². The van der Waals surface area contributed by atoms with Crippen molar-refractivity contribution in [2.75, 3.05) is 13.7 Å². The Morgan fingerprint density at radius 2 is 2.03 bits per heavy atom. The van der Waals surface area contributed by atoms with Gasteiger partial charge in [-0.1, -0.05) is 18.7 Å². The second kappa shape index (κ2) is 8.78. The van der Waals surface area contributed by atoms with Gasteiger partial charge in [-0.3, -0.25) is 4.79 Å². The largest absolute Gasteiger partial charge is 0.573 e. The fourth-order valence-corrected chi connectivity index (χ4v) is 3.23. The maximum absolute atomic E-state index is 12.4. The minimum atomic E-state index is -4.81. The van der Waals surface area contributed by atoms with Gasteiger partial charge in [0.15, 0.2) is 12.0 Å². The van der Waals surface area contributed by atoms with Crippen LogP contribution >= 0.6 is 0 Å². The van der Waals surface area contributed by atoms with E-state index in [1.165, 1.54) is 24.1 Å². The molecule has 2 N–H and O–H groups in total. The predicted octanol–water partition coefficient (Wildman–Crippen LogP) is 3.56. The number of hydrogen-bond donors (Lipinski definition) is 2. The molecule has 1 aromatic heterocycles. The molecule has 0 aliphatic heterocycles. The summed E-state index contributed by atoms with van der Waals surface area (Å²) in [6, 6.07) is 6.83. The van der Waals surface area contributed by atoms with E-state index in [0.29, 0.717) is 22.2 Å². The molecule has 0 fully saturated rings. The zero-order valence-corrected chi connectivity index (χ0v) is 16.4.